The third-order valence-electron chi connectivity index (χ3n) is 3.77. The lowest BCUT2D eigenvalue weighted by Gasteiger charge is -2.36. The SMILES string of the molecule is O=C(C1=C(Nc2ccc(I)cc2F)CCC=C1)N1CC(O)C1. The molecule has 1 saturated heterocycles. The lowest BCUT2D eigenvalue weighted by molar-refractivity contribution is -0.136. The summed E-state index contributed by atoms with van der Waals surface area (Å²) in [4.78, 5) is 14.0. The number of aliphatic hydroxyl groups excluding tert-OH is 1. The summed E-state index contributed by atoms with van der Waals surface area (Å²) in [6.07, 6.45) is 4.78. The highest BCUT2D eigenvalue weighted by atomic mass is 127. The Morgan fingerprint density at radius 3 is 2.86 bits per heavy atom. The van der Waals surface area contributed by atoms with Gasteiger partial charge in [-0.15, -0.1) is 0 Å². The molecule has 3 rings (SSSR count). The molecule has 2 N–H and O–H groups in total. The van der Waals surface area contributed by atoms with E-state index in [4.69, 9.17) is 0 Å². The summed E-state index contributed by atoms with van der Waals surface area (Å²) in [5.74, 6) is -0.449. The van der Waals surface area contributed by atoms with Gasteiger partial charge in [0.2, 0.25) is 0 Å². The standard InChI is InChI=1S/C16H16FIN2O2/c17-13-7-10(18)5-6-15(13)19-14-4-2-1-3-12(14)16(22)20-8-11(21)9-20/h1,3,5-7,11,19,21H,2,4,8-9H2. The van der Waals surface area contributed by atoms with E-state index in [0.29, 0.717) is 30.8 Å². The van der Waals surface area contributed by atoms with E-state index in [2.05, 4.69) is 27.9 Å². The van der Waals surface area contributed by atoms with E-state index in [0.717, 1.165) is 15.7 Å². The van der Waals surface area contributed by atoms with Crippen molar-refractivity contribution in [3.05, 3.63) is 51.0 Å². The fourth-order valence-corrected chi connectivity index (χ4v) is 2.99. The van der Waals surface area contributed by atoms with Crippen molar-refractivity contribution in [2.45, 2.75) is 18.9 Å². The minimum absolute atomic E-state index is 0.116. The van der Waals surface area contributed by atoms with Crippen molar-refractivity contribution in [2.24, 2.45) is 0 Å². The van der Waals surface area contributed by atoms with Gasteiger partial charge in [-0.3, -0.25) is 4.79 Å². The van der Waals surface area contributed by atoms with E-state index in [9.17, 15) is 14.3 Å². The summed E-state index contributed by atoms with van der Waals surface area (Å²) in [5, 5.41) is 12.4. The molecule has 6 heteroatoms. The Kier molecular flexibility index (Phi) is 4.49. The largest absolute Gasteiger partial charge is 0.389 e. The van der Waals surface area contributed by atoms with Crippen molar-refractivity contribution in [1.29, 1.82) is 0 Å². The molecule has 0 aromatic heterocycles. The van der Waals surface area contributed by atoms with Crippen LogP contribution in [0.5, 0.6) is 0 Å². The molecule has 1 fully saturated rings. The molecule has 4 nitrogen and oxygen atoms in total. The van der Waals surface area contributed by atoms with Crippen molar-refractivity contribution < 1.29 is 14.3 Å². The maximum absolute atomic E-state index is 14.0. The Morgan fingerprint density at radius 1 is 1.41 bits per heavy atom. The van der Waals surface area contributed by atoms with E-state index in [-0.39, 0.29) is 11.7 Å². The predicted molar refractivity (Wildman–Crippen MR) is 90.7 cm³/mol. The van der Waals surface area contributed by atoms with Crippen LogP contribution in [0.25, 0.3) is 0 Å². The first-order valence-corrected chi connectivity index (χ1v) is 8.21. The molecule has 1 amide bonds. The molecule has 0 spiro atoms. The number of amides is 1. The molecule has 0 saturated carbocycles. The van der Waals surface area contributed by atoms with Crippen LogP contribution in [0, 0.1) is 9.39 Å². The topological polar surface area (TPSA) is 52.6 Å². The Hall–Kier alpha value is -1.41. The van der Waals surface area contributed by atoms with Gasteiger partial charge in [-0.2, -0.15) is 0 Å². The first-order valence-electron chi connectivity index (χ1n) is 7.13. The van der Waals surface area contributed by atoms with Crippen LogP contribution in [0.15, 0.2) is 41.6 Å². The van der Waals surface area contributed by atoms with Gasteiger partial charge in [-0.1, -0.05) is 12.2 Å². The molecule has 0 bridgehead atoms. The van der Waals surface area contributed by atoms with Gasteiger partial charge in [0.1, 0.15) is 5.82 Å². The van der Waals surface area contributed by atoms with E-state index >= 15 is 0 Å². The molecule has 1 aliphatic heterocycles. The van der Waals surface area contributed by atoms with Gasteiger partial charge in [-0.05, 0) is 53.6 Å². The number of halogens is 2. The third kappa shape index (κ3) is 3.17. The van der Waals surface area contributed by atoms with Gasteiger partial charge in [0.25, 0.3) is 5.91 Å². The minimum Gasteiger partial charge on any atom is -0.389 e. The second-order valence-corrected chi connectivity index (χ2v) is 6.69. The van der Waals surface area contributed by atoms with Gasteiger partial charge < -0.3 is 15.3 Å². The van der Waals surface area contributed by atoms with Crippen molar-refractivity contribution >= 4 is 34.2 Å². The number of carbonyl (C=O) groups is 1. The summed E-state index contributed by atoms with van der Waals surface area (Å²) in [6, 6.07) is 4.95. The highest BCUT2D eigenvalue weighted by Crippen LogP contribution is 2.26. The fraction of sp³-hybridized carbons (Fsp3) is 0.312. The normalized spacial score (nSPS) is 18.4. The van der Waals surface area contributed by atoms with Gasteiger partial charge in [-0.25, -0.2) is 4.39 Å². The zero-order valence-electron chi connectivity index (χ0n) is 11.9. The second kappa shape index (κ2) is 6.37. The minimum atomic E-state index is -0.429. The van der Waals surface area contributed by atoms with Crippen LogP contribution in [-0.4, -0.2) is 35.1 Å². The third-order valence-corrected chi connectivity index (χ3v) is 4.44. The number of likely N-dealkylation sites (tertiary alicyclic amines) is 1. The summed E-state index contributed by atoms with van der Waals surface area (Å²) < 4.78 is 14.8. The van der Waals surface area contributed by atoms with Crippen molar-refractivity contribution in [1.82, 2.24) is 4.90 Å². The molecule has 1 aromatic rings. The maximum atomic E-state index is 14.0. The first kappa shape index (κ1) is 15.5. The molecule has 1 aromatic carbocycles. The number of nitrogens with zero attached hydrogens (tertiary/aromatic N) is 1. The Bertz CT molecular complexity index is 666. The fourth-order valence-electron chi connectivity index (χ4n) is 2.54. The molecule has 2 aliphatic rings. The number of hydrogen-bond acceptors (Lipinski definition) is 3. The number of hydrogen-bond donors (Lipinski definition) is 2. The number of rotatable bonds is 3. The van der Waals surface area contributed by atoms with Crippen LogP contribution in [0.3, 0.4) is 0 Å². The zero-order valence-corrected chi connectivity index (χ0v) is 14.0. The molecule has 0 unspecified atom stereocenters. The Balaban J connectivity index is 1.84. The number of allylic oxidation sites excluding steroid dienone is 2. The summed E-state index contributed by atoms with van der Waals surface area (Å²) in [5.41, 5.74) is 1.66. The van der Waals surface area contributed by atoms with Crippen molar-refractivity contribution in [3.8, 4) is 0 Å². The number of anilines is 1. The lowest BCUT2D eigenvalue weighted by Crippen LogP contribution is -2.54. The number of aliphatic hydroxyl groups is 1. The van der Waals surface area contributed by atoms with Crippen LogP contribution >= 0.6 is 22.6 Å². The number of nitrogens with one attached hydrogen (secondary N) is 1. The van der Waals surface area contributed by atoms with Gasteiger partial charge >= 0.3 is 0 Å². The quantitative estimate of drug-likeness (QED) is 0.749. The van der Waals surface area contributed by atoms with Crippen LogP contribution in [-0.2, 0) is 4.79 Å². The van der Waals surface area contributed by atoms with E-state index in [1.807, 2.05) is 12.1 Å². The number of carbonyl (C=O) groups excluding carboxylic acids is 1. The van der Waals surface area contributed by atoms with Crippen molar-refractivity contribution in [2.75, 3.05) is 18.4 Å². The molecule has 0 atom stereocenters. The van der Waals surface area contributed by atoms with E-state index in [1.165, 1.54) is 6.07 Å². The molecular formula is C16H16FIN2O2. The van der Waals surface area contributed by atoms with Crippen LogP contribution < -0.4 is 5.32 Å². The molecule has 0 radical (unpaired) electrons. The van der Waals surface area contributed by atoms with E-state index < -0.39 is 6.10 Å². The van der Waals surface area contributed by atoms with Gasteiger partial charge in [0.15, 0.2) is 0 Å². The molecular weight excluding hydrogens is 398 g/mol. The predicted octanol–water partition coefficient (Wildman–Crippen LogP) is 2.65. The molecule has 1 heterocycles. The number of β-amino-alcohol motifs (C(OH)–C–C–N with tert-alkyl or cyclic N) is 1. The lowest BCUT2D eigenvalue weighted by atomic mass is 10.00. The Morgan fingerprint density at radius 2 is 2.18 bits per heavy atom. The smallest absolute Gasteiger partial charge is 0.255 e. The summed E-state index contributed by atoms with van der Waals surface area (Å²) in [6.45, 7) is 0.725. The Labute approximate surface area is 141 Å². The average Bonchev–Trinajstić information content (AvgIpc) is 2.47. The average molecular weight is 414 g/mol. The van der Waals surface area contributed by atoms with E-state index in [1.54, 1.807) is 17.0 Å². The van der Waals surface area contributed by atoms with Crippen LogP contribution in [0.1, 0.15) is 12.8 Å². The van der Waals surface area contributed by atoms with Gasteiger partial charge in [0, 0.05) is 22.4 Å². The highest BCUT2D eigenvalue weighted by Gasteiger charge is 2.31. The summed E-state index contributed by atoms with van der Waals surface area (Å²) >= 11 is 2.06. The molecule has 116 valence electrons. The molecule has 22 heavy (non-hydrogen) atoms. The van der Waals surface area contributed by atoms with Crippen molar-refractivity contribution in [3.63, 3.8) is 0 Å². The molecule has 1 aliphatic carbocycles. The van der Waals surface area contributed by atoms with Crippen LogP contribution in [0.2, 0.25) is 0 Å². The number of benzene rings is 1. The first-order chi connectivity index (χ1) is 10.5. The monoisotopic (exact) mass is 414 g/mol. The van der Waals surface area contributed by atoms with Gasteiger partial charge in [0.05, 0.1) is 17.4 Å². The van der Waals surface area contributed by atoms with Crippen LogP contribution in [0.4, 0.5) is 10.1 Å². The maximum Gasteiger partial charge on any atom is 0.255 e. The zero-order chi connectivity index (χ0) is 15.7. The highest BCUT2D eigenvalue weighted by molar-refractivity contribution is 14.1. The summed E-state index contributed by atoms with van der Waals surface area (Å²) in [7, 11) is 0. The second-order valence-electron chi connectivity index (χ2n) is 5.45.